The predicted octanol–water partition coefficient (Wildman–Crippen LogP) is 2.61. The Labute approximate surface area is 55.9 Å². The third-order valence-corrected chi connectivity index (χ3v) is 1.28. The average Bonchev–Trinajstić information content (AvgIpc) is 2.13. The molecule has 0 saturated heterocycles. The molecule has 0 heteroatoms. The van der Waals surface area contributed by atoms with Gasteiger partial charge in [0.25, 0.3) is 0 Å². The van der Waals surface area contributed by atoms with Crippen LogP contribution in [0, 0.1) is 0 Å². The zero-order chi connectivity index (χ0) is 6.53. The lowest BCUT2D eigenvalue weighted by atomic mass is 10.2. The van der Waals surface area contributed by atoms with Gasteiger partial charge in [0.15, 0.2) is 0 Å². The van der Waals surface area contributed by atoms with Gasteiger partial charge in [-0.3, -0.25) is 0 Å². The lowest BCUT2D eigenvalue weighted by molar-refractivity contribution is 1.30. The van der Waals surface area contributed by atoms with Gasteiger partial charge in [0.2, 0.25) is 0 Å². The number of hydrogen-bond donors (Lipinski definition) is 0. The van der Waals surface area contributed by atoms with E-state index in [1.165, 1.54) is 5.57 Å². The lowest BCUT2D eigenvalue weighted by Crippen LogP contribution is -1.69. The maximum Gasteiger partial charge on any atom is -0.00945 e. The molecule has 46 valence electrons. The fourth-order valence-corrected chi connectivity index (χ4v) is 0.745. The minimum atomic E-state index is 1.01. The van der Waals surface area contributed by atoms with Crippen LogP contribution in [0.4, 0.5) is 0 Å². The summed E-state index contributed by atoms with van der Waals surface area (Å²) in [4.78, 5) is 0. The summed E-state index contributed by atoms with van der Waals surface area (Å²) in [6.07, 6.45) is 13.2. The monoisotopic (exact) mass is 118 g/mol. The Morgan fingerprint density at radius 2 is 2.22 bits per heavy atom. The Kier molecular flexibility index (Phi) is 2.08. The molecule has 0 spiro atoms. The largest absolute Gasteiger partial charge is 0.0988 e. The normalized spacial score (nSPS) is 16.7. The van der Waals surface area contributed by atoms with Crippen LogP contribution in [-0.2, 0) is 0 Å². The lowest BCUT2D eigenvalue weighted by Gasteiger charge is -1.89. The highest BCUT2D eigenvalue weighted by atomic mass is 13.9. The van der Waals surface area contributed by atoms with Crippen molar-refractivity contribution in [3.05, 3.63) is 48.6 Å². The Balaban J connectivity index is 2.73. The molecule has 1 aliphatic rings. The van der Waals surface area contributed by atoms with Crippen molar-refractivity contribution in [3.8, 4) is 0 Å². The zero-order valence-electron chi connectivity index (χ0n) is 5.38. The summed E-state index contributed by atoms with van der Waals surface area (Å²) in [6, 6.07) is 0. The molecule has 0 aromatic carbocycles. The average molecular weight is 118 g/mol. The molecule has 9 heavy (non-hydrogen) atoms. The van der Waals surface area contributed by atoms with Crippen LogP contribution in [0.5, 0.6) is 0 Å². The van der Waals surface area contributed by atoms with Crippen molar-refractivity contribution in [2.45, 2.75) is 6.42 Å². The van der Waals surface area contributed by atoms with Crippen LogP contribution in [0.3, 0.4) is 0 Å². The third-order valence-electron chi connectivity index (χ3n) is 1.28. The standard InChI is InChI=1S/C9H10/c1-2-9-7-5-3-4-6-8-9/h2-7H,1,8H2. The number of allylic oxidation sites excluding steroid dienone is 7. The van der Waals surface area contributed by atoms with Gasteiger partial charge in [-0.2, -0.15) is 0 Å². The predicted molar refractivity (Wildman–Crippen MR) is 41.2 cm³/mol. The first kappa shape index (κ1) is 6.09. The van der Waals surface area contributed by atoms with Gasteiger partial charge in [0.1, 0.15) is 0 Å². The molecule has 0 radical (unpaired) electrons. The summed E-state index contributed by atoms with van der Waals surface area (Å²) in [5.41, 5.74) is 1.28. The van der Waals surface area contributed by atoms with E-state index in [0.717, 1.165) is 6.42 Å². The van der Waals surface area contributed by atoms with E-state index in [9.17, 15) is 0 Å². The van der Waals surface area contributed by atoms with Crippen LogP contribution in [0.15, 0.2) is 48.6 Å². The SMILES string of the molecule is C=CC1=CC=CC=CC1. The molecule has 0 saturated carbocycles. The van der Waals surface area contributed by atoms with E-state index in [0.29, 0.717) is 0 Å². The van der Waals surface area contributed by atoms with Crippen LogP contribution in [0.1, 0.15) is 6.42 Å². The molecule has 0 aliphatic heterocycles. The van der Waals surface area contributed by atoms with Gasteiger partial charge in [-0.1, -0.05) is 43.0 Å². The smallest absolute Gasteiger partial charge is 0.00945 e. The van der Waals surface area contributed by atoms with Crippen LogP contribution in [-0.4, -0.2) is 0 Å². The number of hydrogen-bond acceptors (Lipinski definition) is 0. The number of rotatable bonds is 1. The summed E-state index contributed by atoms with van der Waals surface area (Å²) < 4.78 is 0. The molecule has 0 unspecified atom stereocenters. The van der Waals surface area contributed by atoms with E-state index in [1.54, 1.807) is 0 Å². The van der Waals surface area contributed by atoms with Crippen molar-refractivity contribution < 1.29 is 0 Å². The Hall–Kier alpha value is -1.04. The molecule has 0 N–H and O–H groups in total. The van der Waals surface area contributed by atoms with Crippen LogP contribution in [0.2, 0.25) is 0 Å². The van der Waals surface area contributed by atoms with Crippen molar-refractivity contribution in [2.75, 3.05) is 0 Å². The summed E-state index contributed by atoms with van der Waals surface area (Å²) in [6.45, 7) is 3.69. The zero-order valence-corrected chi connectivity index (χ0v) is 5.38. The first-order valence-corrected chi connectivity index (χ1v) is 3.08. The molecule has 0 nitrogen and oxygen atoms in total. The van der Waals surface area contributed by atoms with E-state index in [1.807, 2.05) is 24.3 Å². The fraction of sp³-hybridized carbons (Fsp3) is 0.111. The van der Waals surface area contributed by atoms with Crippen molar-refractivity contribution in [1.29, 1.82) is 0 Å². The van der Waals surface area contributed by atoms with E-state index >= 15 is 0 Å². The van der Waals surface area contributed by atoms with E-state index < -0.39 is 0 Å². The van der Waals surface area contributed by atoms with E-state index in [2.05, 4.69) is 18.7 Å². The van der Waals surface area contributed by atoms with Gasteiger partial charge >= 0.3 is 0 Å². The second kappa shape index (κ2) is 3.08. The van der Waals surface area contributed by atoms with Crippen molar-refractivity contribution >= 4 is 0 Å². The van der Waals surface area contributed by atoms with Gasteiger partial charge in [0.05, 0.1) is 0 Å². The second-order valence-corrected chi connectivity index (χ2v) is 1.96. The highest BCUT2D eigenvalue weighted by molar-refractivity contribution is 5.29. The van der Waals surface area contributed by atoms with Crippen molar-refractivity contribution in [2.24, 2.45) is 0 Å². The van der Waals surface area contributed by atoms with Crippen LogP contribution in [0.25, 0.3) is 0 Å². The fourth-order valence-electron chi connectivity index (χ4n) is 0.745. The van der Waals surface area contributed by atoms with Gasteiger partial charge in [-0.15, -0.1) is 0 Å². The molecule has 1 rings (SSSR count). The molecule has 0 fully saturated rings. The summed E-state index contributed by atoms with van der Waals surface area (Å²) in [5, 5.41) is 0. The first-order chi connectivity index (χ1) is 4.43. The quantitative estimate of drug-likeness (QED) is 0.496. The topological polar surface area (TPSA) is 0 Å². The molecular weight excluding hydrogens is 108 g/mol. The Morgan fingerprint density at radius 1 is 1.33 bits per heavy atom. The Bertz CT molecular complexity index is 180. The highest BCUT2D eigenvalue weighted by Crippen LogP contribution is 2.06. The maximum atomic E-state index is 3.69. The van der Waals surface area contributed by atoms with E-state index in [-0.39, 0.29) is 0 Å². The molecule has 0 bridgehead atoms. The van der Waals surface area contributed by atoms with Gasteiger partial charge in [0, 0.05) is 0 Å². The summed E-state index contributed by atoms with van der Waals surface area (Å²) in [7, 11) is 0. The third kappa shape index (κ3) is 1.73. The minimum absolute atomic E-state index is 1.01. The molecule has 0 aromatic heterocycles. The van der Waals surface area contributed by atoms with Crippen LogP contribution < -0.4 is 0 Å². The highest BCUT2D eigenvalue weighted by Gasteiger charge is 1.86. The van der Waals surface area contributed by atoms with Gasteiger partial charge < -0.3 is 0 Å². The maximum absolute atomic E-state index is 3.69. The van der Waals surface area contributed by atoms with Crippen molar-refractivity contribution in [1.82, 2.24) is 0 Å². The Morgan fingerprint density at radius 3 is 3.00 bits per heavy atom. The molecule has 1 aliphatic carbocycles. The van der Waals surface area contributed by atoms with Crippen LogP contribution >= 0.6 is 0 Å². The second-order valence-electron chi connectivity index (χ2n) is 1.96. The molecule has 0 amide bonds. The van der Waals surface area contributed by atoms with Gasteiger partial charge in [-0.05, 0) is 12.0 Å². The first-order valence-electron chi connectivity index (χ1n) is 3.08. The summed E-state index contributed by atoms with van der Waals surface area (Å²) in [5.74, 6) is 0. The molecular formula is C9H10. The van der Waals surface area contributed by atoms with Crippen molar-refractivity contribution in [3.63, 3.8) is 0 Å². The molecule has 0 heterocycles. The minimum Gasteiger partial charge on any atom is -0.0988 e. The molecule has 0 aromatic rings. The summed E-state index contributed by atoms with van der Waals surface area (Å²) >= 11 is 0. The molecule has 0 atom stereocenters. The van der Waals surface area contributed by atoms with E-state index in [4.69, 9.17) is 0 Å². The van der Waals surface area contributed by atoms with Gasteiger partial charge in [-0.25, -0.2) is 0 Å².